The molecule has 192 valence electrons. The molecule has 11 rings (SSSR count). The fourth-order valence-corrected chi connectivity index (χ4v) is 7.79. The molecule has 0 radical (unpaired) electrons. The molecule has 0 fully saturated rings. The first-order chi connectivity index (χ1) is 20.1. The van der Waals surface area contributed by atoms with E-state index in [1.165, 1.54) is 27.8 Å². The number of fused-ring (bicyclic) bond motifs is 17. The van der Waals surface area contributed by atoms with E-state index in [1.54, 1.807) is 0 Å². The fourth-order valence-electron chi connectivity index (χ4n) is 7.79. The lowest BCUT2D eigenvalue weighted by molar-refractivity contribution is 0.661. The van der Waals surface area contributed by atoms with Crippen LogP contribution in [0, 0.1) is 0 Å². The van der Waals surface area contributed by atoms with Gasteiger partial charge in [-0.25, -0.2) is 14.4 Å². The zero-order valence-corrected chi connectivity index (χ0v) is 22.3. The summed E-state index contributed by atoms with van der Waals surface area (Å²) in [6.07, 6.45) is 0. The van der Waals surface area contributed by atoms with Crippen molar-refractivity contribution in [1.82, 2.24) is 23.2 Å². The van der Waals surface area contributed by atoms with E-state index >= 15 is 0 Å². The largest absolute Gasteiger partial charge is 0.456 e. The van der Waals surface area contributed by atoms with Crippen LogP contribution < -0.4 is 0 Å². The molecule has 1 aliphatic carbocycles. The molecular weight excluding hydrogens is 506 g/mol. The van der Waals surface area contributed by atoms with E-state index in [4.69, 9.17) is 14.4 Å². The third-order valence-corrected chi connectivity index (χ3v) is 9.58. The lowest BCUT2D eigenvalue weighted by Crippen LogP contribution is -2.14. The van der Waals surface area contributed by atoms with Crippen molar-refractivity contribution >= 4 is 72.1 Å². The Hall–Kier alpha value is -5.36. The van der Waals surface area contributed by atoms with Gasteiger partial charge in [-0.2, -0.15) is 0 Å². The Kier molecular flexibility index (Phi) is 3.17. The van der Waals surface area contributed by atoms with Crippen LogP contribution in [-0.4, -0.2) is 23.2 Å². The van der Waals surface area contributed by atoms with Crippen LogP contribution in [0.25, 0.3) is 83.2 Å². The minimum atomic E-state index is -0.0695. The van der Waals surface area contributed by atoms with E-state index in [2.05, 4.69) is 106 Å². The maximum absolute atomic E-state index is 6.20. The molecule has 0 saturated carbocycles. The van der Waals surface area contributed by atoms with Crippen LogP contribution in [-0.2, 0) is 5.41 Å². The van der Waals surface area contributed by atoms with Gasteiger partial charge in [-0.05, 0) is 47.0 Å². The minimum Gasteiger partial charge on any atom is -0.456 e. The number of hydrogen-bond donors (Lipinski definition) is 0. The maximum atomic E-state index is 6.20. The van der Waals surface area contributed by atoms with E-state index < -0.39 is 0 Å². The van der Waals surface area contributed by atoms with Crippen molar-refractivity contribution in [1.29, 1.82) is 0 Å². The molecule has 0 bridgehead atoms. The number of aromatic nitrogens is 5. The number of para-hydroxylation sites is 2. The molecule has 10 aromatic rings. The normalized spacial score (nSPS) is 14.8. The topological polar surface area (TPSA) is 52.2 Å². The monoisotopic (exact) mass is 527 g/mol. The summed E-state index contributed by atoms with van der Waals surface area (Å²) in [5, 5.41) is 2.22. The van der Waals surface area contributed by atoms with Gasteiger partial charge >= 0.3 is 0 Å². The second-order valence-electron chi connectivity index (χ2n) is 11.9. The standard InChI is InChI=1S/C35H21N5O/c1-35(2)21-10-5-3-9-19(21)30-22(35)14-15-23-31(30)39-26-12-7-11-25-32(26)40(34(39)36-23)33-37-24-17-29-20(16-27(24)38(25)33)18-8-4-6-13-28(18)41-29/h3-17H,1-2H3. The minimum absolute atomic E-state index is 0.0695. The Morgan fingerprint density at radius 1 is 0.585 bits per heavy atom. The molecule has 6 nitrogen and oxygen atoms in total. The average Bonchev–Trinajstić information content (AvgIpc) is 3.79. The summed E-state index contributed by atoms with van der Waals surface area (Å²) in [7, 11) is 0. The summed E-state index contributed by atoms with van der Waals surface area (Å²) < 4.78 is 13.1. The van der Waals surface area contributed by atoms with Gasteiger partial charge in [-0.15, -0.1) is 0 Å². The van der Waals surface area contributed by atoms with Crippen molar-refractivity contribution in [2.24, 2.45) is 0 Å². The van der Waals surface area contributed by atoms with Crippen molar-refractivity contribution in [3.63, 3.8) is 0 Å². The van der Waals surface area contributed by atoms with Gasteiger partial charge in [0.2, 0.25) is 11.6 Å². The van der Waals surface area contributed by atoms with Crippen LogP contribution in [0.4, 0.5) is 0 Å². The molecule has 41 heavy (non-hydrogen) atoms. The highest BCUT2D eigenvalue weighted by Gasteiger charge is 2.37. The zero-order chi connectivity index (χ0) is 26.8. The third-order valence-electron chi connectivity index (χ3n) is 9.58. The molecule has 5 aromatic carbocycles. The summed E-state index contributed by atoms with van der Waals surface area (Å²) in [6.45, 7) is 4.65. The van der Waals surface area contributed by atoms with Crippen LogP contribution in [0.2, 0.25) is 0 Å². The van der Waals surface area contributed by atoms with E-state index in [0.29, 0.717) is 0 Å². The van der Waals surface area contributed by atoms with Crippen molar-refractivity contribution in [3.8, 4) is 11.1 Å². The van der Waals surface area contributed by atoms with Crippen LogP contribution in [0.5, 0.6) is 0 Å². The first-order valence-electron chi connectivity index (χ1n) is 14.0. The second-order valence-corrected chi connectivity index (χ2v) is 11.9. The predicted molar refractivity (Wildman–Crippen MR) is 163 cm³/mol. The Morgan fingerprint density at radius 2 is 1.37 bits per heavy atom. The Labute approximate surface area is 232 Å². The highest BCUT2D eigenvalue weighted by molar-refractivity contribution is 6.12. The predicted octanol–water partition coefficient (Wildman–Crippen LogP) is 8.34. The summed E-state index contributed by atoms with van der Waals surface area (Å²) >= 11 is 0. The van der Waals surface area contributed by atoms with Crippen LogP contribution in [0.1, 0.15) is 25.0 Å². The van der Waals surface area contributed by atoms with E-state index in [0.717, 1.165) is 66.6 Å². The van der Waals surface area contributed by atoms with Gasteiger partial charge in [-0.3, -0.25) is 8.80 Å². The molecule has 0 saturated heterocycles. The number of benzene rings is 5. The highest BCUT2D eigenvalue weighted by atomic mass is 16.3. The molecule has 6 heteroatoms. The molecular formula is C35H21N5O. The van der Waals surface area contributed by atoms with Gasteiger partial charge in [0.05, 0.1) is 33.1 Å². The molecule has 0 unspecified atom stereocenters. The van der Waals surface area contributed by atoms with E-state index in [1.807, 2.05) is 12.1 Å². The first kappa shape index (κ1) is 20.5. The average molecular weight is 528 g/mol. The summed E-state index contributed by atoms with van der Waals surface area (Å²) in [4.78, 5) is 10.5. The maximum Gasteiger partial charge on any atom is 0.223 e. The molecule has 5 aromatic heterocycles. The summed E-state index contributed by atoms with van der Waals surface area (Å²) in [5.74, 6) is 1.76. The third kappa shape index (κ3) is 2.13. The Bertz CT molecular complexity index is 2780. The lowest BCUT2D eigenvalue weighted by atomic mass is 9.82. The molecule has 0 N–H and O–H groups in total. The highest BCUT2D eigenvalue weighted by Crippen LogP contribution is 2.51. The lowest BCUT2D eigenvalue weighted by Gasteiger charge is -2.21. The molecule has 5 heterocycles. The Balaban J connectivity index is 1.34. The van der Waals surface area contributed by atoms with Gasteiger partial charge in [0.15, 0.2) is 0 Å². The van der Waals surface area contributed by atoms with Gasteiger partial charge in [0, 0.05) is 27.8 Å². The first-order valence-corrected chi connectivity index (χ1v) is 14.0. The molecule has 0 aliphatic heterocycles. The van der Waals surface area contributed by atoms with Crippen molar-refractivity contribution in [2.45, 2.75) is 19.3 Å². The van der Waals surface area contributed by atoms with Crippen LogP contribution in [0.3, 0.4) is 0 Å². The van der Waals surface area contributed by atoms with Crippen molar-refractivity contribution < 1.29 is 4.42 Å². The second kappa shape index (κ2) is 6.34. The fraction of sp³-hybridized carbons (Fsp3) is 0.0857. The van der Waals surface area contributed by atoms with Crippen LogP contribution in [0.15, 0.2) is 95.4 Å². The number of rotatable bonds is 0. The molecule has 0 atom stereocenters. The number of furan rings is 1. The molecule has 0 spiro atoms. The van der Waals surface area contributed by atoms with Crippen molar-refractivity contribution in [3.05, 3.63) is 102 Å². The number of imidazole rings is 4. The quantitative estimate of drug-likeness (QED) is 0.199. The van der Waals surface area contributed by atoms with Gasteiger partial charge in [0.1, 0.15) is 16.7 Å². The van der Waals surface area contributed by atoms with Gasteiger partial charge in [-0.1, -0.05) is 68.4 Å². The van der Waals surface area contributed by atoms with E-state index in [9.17, 15) is 0 Å². The number of hydrogen-bond acceptors (Lipinski definition) is 3. The van der Waals surface area contributed by atoms with Gasteiger partial charge in [0.25, 0.3) is 0 Å². The molecule has 1 aliphatic rings. The number of nitrogens with zero attached hydrogens (tertiary/aromatic N) is 5. The van der Waals surface area contributed by atoms with Crippen LogP contribution >= 0.6 is 0 Å². The SMILES string of the molecule is CC1(C)c2ccccc2-c2c1ccc1nc3n(c4cccc5c4n3c3nc4cc6oc7ccccc7c6cc4n53)c21. The van der Waals surface area contributed by atoms with Gasteiger partial charge < -0.3 is 4.42 Å². The Morgan fingerprint density at radius 3 is 2.29 bits per heavy atom. The summed E-state index contributed by atoms with van der Waals surface area (Å²) in [5.41, 5.74) is 14.6. The smallest absolute Gasteiger partial charge is 0.223 e. The summed E-state index contributed by atoms with van der Waals surface area (Å²) in [6, 6.07) is 32.4. The van der Waals surface area contributed by atoms with E-state index in [-0.39, 0.29) is 5.41 Å². The molecule has 0 amide bonds. The zero-order valence-electron chi connectivity index (χ0n) is 22.3. The van der Waals surface area contributed by atoms with Crippen molar-refractivity contribution in [2.75, 3.05) is 0 Å².